The van der Waals surface area contributed by atoms with Crippen LogP contribution in [0.15, 0.2) is 0 Å². The number of aliphatic carboxylic acids is 1. The zero-order valence-electron chi connectivity index (χ0n) is 20.0. The fourth-order valence-electron chi connectivity index (χ4n) is 4.47. The Labute approximate surface area is 199 Å². The molecular weight excluding hydrogens is 444 g/mol. The lowest BCUT2D eigenvalue weighted by atomic mass is 10.1. The van der Waals surface area contributed by atoms with Crippen LogP contribution in [-0.4, -0.2) is 94.3 Å². The van der Waals surface area contributed by atoms with Crippen LogP contribution in [-0.2, 0) is 24.0 Å². The van der Waals surface area contributed by atoms with Crippen molar-refractivity contribution in [1.29, 1.82) is 0 Å². The summed E-state index contributed by atoms with van der Waals surface area (Å²) in [6.45, 7) is 4.31. The van der Waals surface area contributed by atoms with Gasteiger partial charge in [0.15, 0.2) is 0 Å². The van der Waals surface area contributed by atoms with Crippen LogP contribution in [0, 0.1) is 0 Å². The van der Waals surface area contributed by atoms with Gasteiger partial charge in [-0.05, 0) is 65.3 Å². The number of unbranched alkanes of at least 4 members (excludes halogenated alkanes) is 1. The summed E-state index contributed by atoms with van der Waals surface area (Å²) >= 11 is 0. The van der Waals surface area contributed by atoms with Gasteiger partial charge in [-0.2, -0.15) is 0 Å². The quantitative estimate of drug-likeness (QED) is 0.220. The first-order valence-corrected chi connectivity index (χ1v) is 12.0. The number of rotatable bonds is 11. The molecule has 2 heterocycles. The second-order valence-electron chi connectivity index (χ2n) is 9.08. The minimum atomic E-state index is -1.15. The summed E-state index contributed by atoms with van der Waals surface area (Å²) < 4.78 is 0. The molecule has 12 heteroatoms. The Morgan fingerprint density at radius 1 is 0.971 bits per heavy atom. The summed E-state index contributed by atoms with van der Waals surface area (Å²) in [5.74, 6) is -2.83. The first-order valence-electron chi connectivity index (χ1n) is 12.0. The Bertz CT molecular complexity index is 775. The standard InChI is InChI=1S/C22H38N6O6/c1-13(24)20(31)28-12-6-9-17(28)21(32)27-11-5-8-16(27)19(30)25-14(2)18(29)26-15(22(33)34)7-3-4-10-23/h13-17H,3-12,23-24H2,1-2H3,(H,25,30)(H,26,29)(H,33,34)/t13-,14-,15-,16-,17-/m0/s1. The number of carbonyl (C=O) groups is 5. The van der Waals surface area contributed by atoms with E-state index in [1.165, 1.54) is 16.7 Å². The summed E-state index contributed by atoms with van der Waals surface area (Å²) in [7, 11) is 0. The molecule has 0 radical (unpaired) electrons. The highest BCUT2D eigenvalue weighted by atomic mass is 16.4. The number of nitrogens with two attached hydrogens (primary N) is 2. The lowest BCUT2D eigenvalue weighted by Gasteiger charge is -2.32. The smallest absolute Gasteiger partial charge is 0.326 e. The normalized spacial score (nSPS) is 22.7. The molecule has 2 rings (SSSR count). The van der Waals surface area contributed by atoms with Crippen molar-refractivity contribution in [3.8, 4) is 0 Å². The molecule has 0 aromatic heterocycles. The van der Waals surface area contributed by atoms with E-state index >= 15 is 0 Å². The van der Waals surface area contributed by atoms with Gasteiger partial charge < -0.3 is 37.0 Å². The predicted octanol–water partition coefficient (Wildman–Crippen LogP) is -1.48. The Balaban J connectivity index is 1.97. The van der Waals surface area contributed by atoms with Crippen molar-refractivity contribution in [2.45, 2.75) is 89.0 Å². The van der Waals surface area contributed by atoms with Crippen molar-refractivity contribution < 1.29 is 29.1 Å². The number of nitrogens with one attached hydrogen (secondary N) is 2. The maximum absolute atomic E-state index is 13.2. The fourth-order valence-corrected chi connectivity index (χ4v) is 4.47. The van der Waals surface area contributed by atoms with Gasteiger partial charge in [-0.3, -0.25) is 19.2 Å². The minimum Gasteiger partial charge on any atom is -0.480 e. The average molecular weight is 483 g/mol. The van der Waals surface area contributed by atoms with Gasteiger partial charge in [0, 0.05) is 13.1 Å². The molecule has 2 aliphatic heterocycles. The summed E-state index contributed by atoms with van der Waals surface area (Å²) in [6, 6.07) is -4.16. The van der Waals surface area contributed by atoms with Crippen LogP contribution in [0.5, 0.6) is 0 Å². The number of hydrogen-bond acceptors (Lipinski definition) is 7. The summed E-state index contributed by atoms with van der Waals surface area (Å²) in [5.41, 5.74) is 11.1. The second kappa shape index (κ2) is 12.7. The topological polar surface area (TPSA) is 188 Å². The van der Waals surface area contributed by atoms with E-state index in [4.69, 9.17) is 11.5 Å². The summed E-state index contributed by atoms with van der Waals surface area (Å²) in [4.78, 5) is 65.4. The van der Waals surface area contributed by atoms with E-state index in [1.54, 1.807) is 6.92 Å². The van der Waals surface area contributed by atoms with Crippen molar-refractivity contribution >= 4 is 29.6 Å². The average Bonchev–Trinajstić information content (AvgIpc) is 3.47. The number of likely N-dealkylation sites (tertiary alicyclic amines) is 2. The van der Waals surface area contributed by atoms with E-state index in [9.17, 15) is 29.1 Å². The van der Waals surface area contributed by atoms with Crippen molar-refractivity contribution in [3.63, 3.8) is 0 Å². The molecule has 4 amide bonds. The van der Waals surface area contributed by atoms with Crippen molar-refractivity contribution in [3.05, 3.63) is 0 Å². The number of nitrogens with zero attached hydrogens (tertiary/aromatic N) is 2. The molecule has 0 aromatic carbocycles. The van der Waals surface area contributed by atoms with Gasteiger partial charge in [0.05, 0.1) is 6.04 Å². The van der Waals surface area contributed by atoms with Crippen molar-refractivity contribution in [2.75, 3.05) is 19.6 Å². The fraction of sp³-hybridized carbons (Fsp3) is 0.773. The van der Waals surface area contributed by atoms with Crippen molar-refractivity contribution in [1.82, 2.24) is 20.4 Å². The molecule has 34 heavy (non-hydrogen) atoms. The van der Waals surface area contributed by atoms with Gasteiger partial charge >= 0.3 is 5.97 Å². The van der Waals surface area contributed by atoms with Gasteiger partial charge in [0.1, 0.15) is 24.2 Å². The highest BCUT2D eigenvalue weighted by molar-refractivity contribution is 5.95. The van der Waals surface area contributed by atoms with Crippen LogP contribution in [0.25, 0.3) is 0 Å². The van der Waals surface area contributed by atoms with Crippen LogP contribution in [0.3, 0.4) is 0 Å². The molecule has 0 bridgehead atoms. The largest absolute Gasteiger partial charge is 0.480 e. The van der Waals surface area contributed by atoms with Crippen LogP contribution >= 0.6 is 0 Å². The SMILES string of the molecule is C[C@H](N)C(=O)N1CCC[C@H]1C(=O)N1CCC[C@H]1C(=O)N[C@@H](C)C(=O)N[C@@H](CCCCN)C(=O)O. The Kier molecular flexibility index (Phi) is 10.2. The molecule has 12 nitrogen and oxygen atoms in total. The van der Waals surface area contributed by atoms with Gasteiger partial charge in [-0.25, -0.2) is 4.79 Å². The maximum atomic E-state index is 13.2. The molecule has 192 valence electrons. The zero-order chi connectivity index (χ0) is 25.4. The maximum Gasteiger partial charge on any atom is 0.326 e. The molecule has 0 spiro atoms. The van der Waals surface area contributed by atoms with Gasteiger partial charge in [-0.1, -0.05) is 0 Å². The lowest BCUT2D eigenvalue weighted by molar-refractivity contribution is -0.147. The van der Waals surface area contributed by atoms with Gasteiger partial charge in [0.25, 0.3) is 0 Å². The number of amides is 4. The third kappa shape index (κ3) is 6.89. The van der Waals surface area contributed by atoms with E-state index < -0.39 is 48.0 Å². The van der Waals surface area contributed by atoms with Crippen LogP contribution in [0.1, 0.15) is 58.8 Å². The van der Waals surface area contributed by atoms with Gasteiger partial charge in [0.2, 0.25) is 23.6 Å². The van der Waals surface area contributed by atoms with E-state index in [2.05, 4.69) is 10.6 Å². The van der Waals surface area contributed by atoms with E-state index in [-0.39, 0.29) is 18.2 Å². The molecule has 5 atom stereocenters. The van der Waals surface area contributed by atoms with Crippen LogP contribution < -0.4 is 22.1 Å². The van der Waals surface area contributed by atoms with Gasteiger partial charge in [-0.15, -0.1) is 0 Å². The highest BCUT2D eigenvalue weighted by Crippen LogP contribution is 2.25. The molecule has 2 aliphatic rings. The molecule has 0 saturated carbocycles. The number of carboxylic acid groups (broad SMARTS) is 1. The third-order valence-electron chi connectivity index (χ3n) is 6.36. The lowest BCUT2D eigenvalue weighted by Crippen LogP contribution is -2.57. The number of carbonyl (C=O) groups excluding carboxylic acids is 4. The summed E-state index contributed by atoms with van der Waals surface area (Å²) in [5, 5.41) is 14.4. The van der Waals surface area contributed by atoms with Crippen LogP contribution in [0.2, 0.25) is 0 Å². The van der Waals surface area contributed by atoms with Crippen molar-refractivity contribution in [2.24, 2.45) is 11.5 Å². The first-order chi connectivity index (χ1) is 16.1. The first kappa shape index (κ1) is 27.5. The van der Waals surface area contributed by atoms with E-state index in [1.807, 2.05) is 0 Å². The Morgan fingerprint density at radius 2 is 1.59 bits per heavy atom. The van der Waals surface area contributed by atoms with Crippen LogP contribution in [0.4, 0.5) is 0 Å². The molecule has 2 fully saturated rings. The predicted molar refractivity (Wildman–Crippen MR) is 123 cm³/mol. The second-order valence-corrected chi connectivity index (χ2v) is 9.08. The molecule has 0 unspecified atom stereocenters. The monoisotopic (exact) mass is 482 g/mol. The molecule has 7 N–H and O–H groups in total. The zero-order valence-corrected chi connectivity index (χ0v) is 20.0. The number of hydrogen-bond donors (Lipinski definition) is 5. The Morgan fingerprint density at radius 3 is 2.18 bits per heavy atom. The minimum absolute atomic E-state index is 0.238. The summed E-state index contributed by atoms with van der Waals surface area (Å²) in [6.07, 6.45) is 3.70. The molecule has 2 saturated heterocycles. The molecular formula is C22H38N6O6. The third-order valence-corrected chi connectivity index (χ3v) is 6.36. The highest BCUT2D eigenvalue weighted by Gasteiger charge is 2.42. The number of carboxylic acids is 1. The Hall–Kier alpha value is -2.73. The molecule has 0 aromatic rings. The van der Waals surface area contributed by atoms with E-state index in [0.29, 0.717) is 58.2 Å². The molecule has 0 aliphatic carbocycles. The van der Waals surface area contributed by atoms with E-state index in [0.717, 1.165) is 0 Å².